The average Bonchev–Trinajstić information content (AvgIpc) is 3.22. The van der Waals surface area contributed by atoms with E-state index in [1.165, 1.54) is 12.4 Å². The van der Waals surface area contributed by atoms with Crippen molar-refractivity contribution in [2.75, 3.05) is 13.1 Å². The molecule has 1 aliphatic heterocycles. The number of aromatic nitrogens is 2. The van der Waals surface area contributed by atoms with Crippen molar-refractivity contribution in [1.29, 1.82) is 0 Å². The van der Waals surface area contributed by atoms with Gasteiger partial charge in [0.15, 0.2) is 0 Å². The highest BCUT2D eigenvalue weighted by Gasteiger charge is 2.26. The molecule has 26 heavy (non-hydrogen) atoms. The predicted molar refractivity (Wildman–Crippen MR) is 96.9 cm³/mol. The van der Waals surface area contributed by atoms with Crippen LogP contribution in [0, 0.1) is 0 Å². The Bertz CT molecular complexity index is 945. The first kappa shape index (κ1) is 16.3. The molecule has 0 bridgehead atoms. The molecule has 2 aromatic heterocycles. The molecule has 3 heterocycles. The van der Waals surface area contributed by atoms with E-state index in [0.29, 0.717) is 12.1 Å². The molecular formula is C20H19N3O3. The van der Waals surface area contributed by atoms with E-state index in [0.717, 1.165) is 36.4 Å². The van der Waals surface area contributed by atoms with E-state index in [1.807, 2.05) is 41.3 Å². The Kier molecular flexibility index (Phi) is 4.39. The van der Waals surface area contributed by atoms with Crippen LogP contribution < -0.4 is 5.56 Å². The molecule has 1 saturated heterocycles. The molecule has 1 N–H and O–H groups in total. The standard InChI is InChI=1S/C20H19N3O3/c24-19-11-17(21-13-22-19)16-3-1-9-23(12-16)20(25)15-7-5-14(6-8-15)18-4-2-10-26-18/h2,4-8,10-11,13,16H,1,3,9,12H2,(H,21,22,24). The second kappa shape index (κ2) is 7.00. The van der Waals surface area contributed by atoms with E-state index in [9.17, 15) is 9.59 Å². The zero-order valence-electron chi connectivity index (χ0n) is 14.2. The van der Waals surface area contributed by atoms with Crippen LogP contribution in [0.15, 0.2) is 64.3 Å². The summed E-state index contributed by atoms with van der Waals surface area (Å²) in [7, 11) is 0. The number of hydrogen-bond acceptors (Lipinski definition) is 4. The summed E-state index contributed by atoms with van der Waals surface area (Å²) in [6.45, 7) is 1.30. The molecule has 132 valence electrons. The van der Waals surface area contributed by atoms with Gasteiger partial charge in [0.05, 0.1) is 18.3 Å². The summed E-state index contributed by atoms with van der Waals surface area (Å²) in [4.78, 5) is 33.0. The number of hydrogen-bond donors (Lipinski definition) is 1. The Morgan fingerprint density at radius 3 is 2.81 bits per heavy atom. The minimum Gasteiger partial charge on any atom is -0.464 e. The third kappa shape index (κ3) is 3.31. The van der Waals surface area contributed by atoms with Crippen LogP contribution in [0.25, 0.3) is 11.3 Å². The Labute approximate surface area is 150 Å². The van der Waals surface area contributed by atoms with Crippen LogP contribution in [0.5, 0.6) is 0 Å². The maximum Gasteiger partial charge on any atom is 0.253 e. The maximum atomic E-state index is 12.9. The van der Waals surface area contributed by atoms with E-state index in [4.69, 9.17) is 4.42 Å². The van der Waals surface area contributed by atoms with Crippen molar-refractivity contribution in [2.45, 2.75) is 18.8 Å². The van der Waals surface area contributed by atoms with E-state index < -0.39 is 0 Å². The zero-order chi connectivity index (χ0) is 17.9. The molecule has 1 aromatic carbocycles. The van der Waals surface area contributed by atoms with Gasteiger partial charge in [-0.15, -0.1) is 0 Å². The van der Waals surface area contributed by atoms with Gasteiger partial charge in [0.1, 0.15) is 5.76 Å². The summed E-state index contributed by atoms with van der Waals surface area (Å²) in [6.07, 6.45) is 4.88. The second-order valence-corrected chi connectivity index (χ2v) is 6.48. The summed E-state index contributed by atoms with van der Waals surface area (Å²) in [6, 6.07) is 12.7. The summed E-state index contributed by atoms with van der Waals surface area (Å²) >= 11 is 0. The highest BCUT2D eigenvalue weighted by Crippen LogP contribution is 2.26. The first-order valence-electron chi connectivity index (χ1n) is 8.68. The lowest BCUT2D eigenvalue weighted by molar-refractivity contribution is 0.0706. The summed E-state index contributed by atoms with van der Waals surface area (Å²) in [5, 5.41) is 0. The first-order chi connectivity index (χ1) is 12.7. The highest BCUT2D eigenvalue weighted by atomic mass is 16.3. The van der Waals surface area contributed by atoms with Crippen molar-refractivity contribution in [2.24, 2.45) is 0 Å². The van der Waals surface area contributed by atoms with Gasteiger partial charge in [-0.05, 0) is 37.1 Å². The molecule has 6 heteroatoms. The number of carbonyl (C=O) groups is 1. The third-order valence-corrected chi connectivity index (χ3v) is 4.76. The third-order valence-electron chi connectivity index (χ3n) is 4.76. The number of piperidine rings is 1. The Morgan fingerprint density at radius 2 is 2.08 bits per heavy atom. The average molecular weight is 349 g/mol. The van der Waals surface area contributed by atoms with Crippen LogP contribution in [0.1, 0.15) is 34.8 Å². The molecule has 0 saturated carbocycles. The minimum atomic E-state index is -0.160. The van der Waals surface area contributed by atoms with Crippen molar-refractivity contribution in [3.05, 3.63) is 76.7 Å². The normalized spacial score (nSPS) is 17.2. The molecule has 1 fully saturated rings. The largest absolute Gasteiger partial charge is 0.464 e. The maximum absolute atomic E-state index is 12.9. The molecule has 0 spiro atoms. The van der Waals surface area contributed by atoms with Crippen LogP contribution in [-0.4, -0.2) is 33.9 Å². The zero-order valence-corrected chi connectivity index (χ0v) is 14.2. The Balaban J connectivity index is 1.50. The Hall–Kier alpha value is -3.15. The van der Waals surface area contributed by atoms with E-state index >= 15 is 0 Å². The number of H-pyrrole nitrogens is 1. The molecule has 1 atom stereocenters. The van der Waals surface area contributed by atoms with Gasteiger partial charge < -0.3 is 14.3 Å². The van der Waals surface area contributed by atoms with Gasteiger partial charge in [0, 0.05) is 36.2 Å². The molecule has 0 radical (unpaired) electrons. The monoisotopic (exact) mass is 349 g/mol. The number of benzene rings is 1. The molecule has 1 unspecified atom stereocenters. The number of nitrogens with zero attached hydrogens (tertiary/aromatic N) is 2. The van der Waals surface area contributed by atoms with Gasteiger partial charge >= 0.3 is 0 Å². The van der Waals surface area contributed by atoms with E-state index in [-0.39, 0.29) is 17.4 Å². The van der Waals surface area contributed by atoms with Crippen molar-refractivity contribution < 1.29 is 9.21 Å². The van der Waals surface area contributed by atoms with Crippen LogP contribution in [0.2, 0.25) is 0 Å². The molecule has 0 aliphatic carbocycles. The van der Waals surface area contributed by atoms with Crippen LogP contribution >= 0.6 is 0 Å². The highest BCUT2D eigenvalue weighted by molar-refractivity contribution is 5.94. The molecule has 1 aliphatic rings. The topological polar surface area (TPSA) is 79.2 Å². The Morgan fingerprint density at radius 1 is 1.23 bits per heavy atom. The number of nitrogens with one attached hydrogen (secondary N) is 1. The fourth-order valence-electron chi connectivity index (χ4n) is 3.41. The van der Waals surface area contributed by atoms with E-state index in [1.54, 1.807) is 6.26 Å². The number of furan rings is 1. The van der Waals surface area contributed by atoms with Crippen molar-refractivity contribution >= 4 is 5.91 Å². The molecule has 4 rings (SSSR count). The molecule has 6 nitrogen and oxygen atoms in total. The van der Waals surface area contributed by atoms with Gasteiger partial charge in [-0.3, -0.25) is 9.59 Å². The number of carbonyl (C=O) groups excluding carboxylic acids is 1. The number of aromatic amines is 1. The number of amides is 1. The van der Waals surface area contributed by atoms with E-state index in [2.05, 4.69) is 9.97 Å². The fraction of sp³-hybridized carbons (Fsp3) is 0.250. The van der Waals surface area contributed by atoms with Crippen LogP contribution in [0.4, 0.5) is 0 Å². The van der Waals surface area contributed by atoms with Crippen molar-refractivity contribution in [3.63, 3.8) is 0 Å². The summed E-state index contributed by atoms with van der Waals surface area (Å²) in [5.41, 5.74) is 2.18. The summed E-state index contributed by atoms with van der Waals surface area (Å²) in [5.74, 6) is 0.880. The molecule has 3 aromatic rings. The molecule has 1 amide bonds. The quantitative estimate of drug-likeness (QED) is 0.788. The molecular weight excluding hydrogens is 330 g/mol. The van der Waals surface area contributed by atoms with Gasteiger partial charge in [-0.25, -0.2) is 4.98 Å². The lowest BCUT2D eigenvalue weighted by Crippen LogP contribution is -2.39. The number of likely N-dealkylation sites (tertiary alicyclic amines) is 1. The lowest BCUT2D eigenvalue weighted by atomic mass is 9.94. The SMILES string of the molecule is O=C(c1ccc(-c2ccco2)cc1)N1CCCC(c2cc(=O)[nH]cn2)C1. The van der Waals surface area contributed by atoms with Crippen LogP contribution in [0.3, 0.4) is 0 Å². The van der Waals surface area contributed by atoms with Gasteiger partial charge in [0.25, 0.3) is 11.5 Å². The van der Waals surface area contributed by atoms with Gasteiger partial charge in [0.2, 0.25) is 0 Å². The second-order valence-electron chi connectivity index (χ2n) is 6.48. The first-order valence-corrected chi connectivity index (χ1v) is 8.68. The smallest absolute Gasteiger partial charge is 0.253 e. The fourth-order valence-corrected chi connectivity index (χ4v) is 3.41. The van der Waals surface area contributed by atoms with Crippen LogP contribution in [-0.2, 0) is 0 Å². The van der Waals surface area contributed by atoms with Gasteiger partial charge in [-0.2, -0.15) is 0 Å². The van der Waals surface area contributed by atoms with Crippen molar-refractivity contribution in [3.8, 4) is 11.3 Å². The van der Waals surface area contributed by atoms with Crippen molar-refractivity contribution in [1.82, 2.24) is 14.9 Å². The predicted octanol–water partition coefficient (Wildman–Crippen LogP) is 3.05. The lowest BCUT2D eigenvalue weighted by Gasteiger charge is -2.32. The summed E-state index contributed by atoms with van der Waals surface area (Å²) < 4.78 is 5.38. The van der Waals surface area contributed by atoms with Gasteiger partial charge in [-0.1, -0.05) is 12.1 Å². The minimum absolute atomic E-state index is 0.00513. The number of rotatable bonds is 3.